The van der Waals surface area contributed by atoms with Gasteiger partial charge in [0.15, 0.2) is 0 Å². The van der Waals surface area contributed by atoms with Crippen molar-refractivity contribution in [1.82, 2.24) is 19.8 Å². The first-order valence-corrected chi connectivity index (χ1v) is 11.0. The average Bonchev–Trinajstić information content (AvgIpc) is 3.01. The van der Waals surface area contributed by atoms with Crippen molar-refractivity contribution < 1.29 is 4.74 Å². The summed E-state index contributed by atoms with van der Waals surface area (Å²) in [6.45, 7) is 8.45. The number of nitrogens with zero attached hydrogens (tertiary/aromatic N) is 4. The first-order valence-electron chi connectivity index (χ1n) is 11.0. The summed E-state index contributed by atoms with van der Waals surface area (Å²) in [6.07, 6.45) is 7.85. The van der Waals surface area contributed by atoms with E-state index in [2.05, 4.69) is 55.1 Å². The van der Waals surface area contributed by atoms with Crippen LogP contribution in [0.1, 0.15) is 67.4 Å². The van der Waals surface area contributed by atoms with E-state index < -0.39 is 0 Å². The van der Waals surface area contributed by atoms with Gasteiger partial charge in [-0.1, -0.05) is 18.6 Å². The van der Waals surface area contributed by atoms with Crippen LogP contribution >= 0.6 is 0 Å². The zero-order chi connectivity index (χ0) is 20.0. The molecule has 5 heteroatoms. The number of likely N-dealkylation sites (tertiary alicyclic amines) is 1. The van der Waals surface area contributed by atoms with Gasteiger partial charge in [0.2, 0.25) is 0 Å². The summed E-state index contributed by atoms with van der Waals surface area (Å²) >= 11 is 0. The van der Waals surface area contributed by atoms with Crippen molar-refractivity contribution >= 4 is 0 Å². The number of benzene rings is 1. The van der Waals surface area contributed by atoms with Gasteiger partial charge in [0.05, 0.1) is 6.04 Å². The molecule has 0 amide bonds. The minimum atomic E-state index is -0.0769. The van der Waals surface area contributed by atoms with E-state index in [0.717, 1.165) is 50.6 Å². The molecule has 0 bridgehead atoms. The van der Waals surface area contributed by atoms with Crippen LogP contribution in [0.25, 0.3) is 0 Å². The molecule has 0 unspecified atom stereocenters. The number of rotatable bonds is 3. The lowest BCUT2D eigenvalue weighted by atomic mass is 9.99. The molecule has 0 saturated carbocycles. The molecule has 5 rings (SSSR count). The Hall–Kier alpha value is -1.98. The van der Waals surface area contributed by atoms with E-state index in [1.54, 1.807) is 0 Å². The standard InChI is InChI=1S/C24H32N4O/c1-24(2)13-18-12-17(7-8-22(18)29-24)15-28-11-9-20-19(16-28)14-25-23(26-20)21-6-4-5-10-27(21)3/h7-8,12,14,21H,4-6,9-11,13,15-16H2,1-3H3/t21-/m0/s1. The Bertz CT molecular complexity index is 910. The highest BCUT2D eigenvalue weighted by Crippen LogP contribution is 2.35. The molecule has 0 radical (unpaired) electrons. The predicted octanol–water partition coefficient (Wildman–Crippen LogP) is 3.91. The smallest absolute Gasteiger partial charge is 0.145 e. The Balaban J connectivity index is 1.27. The summed E-state index contributed by atoms with van der Waals surface area (Å²) in [5.74, 6) is 2.08. The second-order valence-electron chi connectivity index (χ2n) is 9.63. The first-order chi connectivity index (χ1) is 14.0. The fourth-order valence-electron chi connectivity index (χ4n) is 5.11. The van der Waals surface area contributed by atoms with Crippen LogP contribution in [0.4, 0.5) is 0 Å². The quantitative estimate of drug-likeness (QED) is 0.792. The van der Waals surface area contributed by atoms with Crippen LogP contribution in [0.2, 0.25) is 0 Å². The molecule has 29 heavy (non-hydrogen) atoms. The van der Waals surface area contributed by atoms with Gasteiger partial charge in [0.1, 0.15) is 17.2 Å². The Kier molecular flexibility index (Phi) is 4.83. The SMILES string of the molecule is CN1CCCC[C@H]1c1ncc2c(n1)CCN(Cc1ccc3c(c1)CC(C)(C)O3)C2. The summed E-state index contributed by atoms with van der Waals surface area (Å²) in [4.78, 5) is 14.7. The van der Waals surface area contributed by atoms with Gasteiger partial charge in [-0.05, 0) is 57.5 Å². The molecule has 0 aliphatic carbocycles. The zero-order valence-electron chi connectivity index (χ0n) is 17.9. The lowest BCUT2D eigenvalue weighted by Gasteiger charge is -2.32. The molecule has 2 aromatic rings. The average molecular weight is 393 g/mol. The summed E-state index contributed by atoms with van der Waals surface area (Å²) in [7, 11) is 2.21. The lowest BCUT2D eigenvalue weighted by Crippen LogP contribution is -2.33. The number of piperidine rings is 1. The number of aromatic nitrogens is 2. The maximum Gasteiger partial charge on any atom is 0.145 e. The van der Waals surface area contributed by atoms with E-state index in [9.17, 15) is 0 Å². The summed E-state index contributed by atoms with van der Waals surface area (Å²) in [5.41, 5.74) is 5.19. The van der Waals surface area contributed by atoms with Crippen molar-refractivity contribution in [2.45, 2.75) is 70.7 Å². The molecule has 4 heterocycles. The molecule has 0 N–H and O–H groups in total. The molecule has 1 aromatic heterocycles. The monoisotopic (exact) mass is 392 g/mol. The highest BCUT2D eigenvalue weighted by molar-refractivity contribution is 5.42. The van der Waals surface area contributed by atoms with Crippen LogP contribution in [0.5, 0.6) is 5.75 Å². The highest BCUT2D eigenvalue weighted by Gasteiger charge is 2.30. The molecule has 3 aliphatic heterocycles. The fraction of sp³-hybridized carbons (Fsp3) is 0.583. The molecule has 1 fully saturated rings. The van der Waals surface area contributed by atoms with Crippen LogP contribution in [0.3, 0.4) is 0 Å². The molecule has 0 spiro atoms. The number of fused-ring (bicyclic) bond motifs is 2. The normalized spacial score (nSPS) is 24.0. The molecule has 3 aliphatic rings. The van der Waals surface area contributed by atoms with Crippen LogP contribution in [0.15, 0.2) is 24.4 Å². The van der Waals surface area contributed by atoms with E-state index in [1.165, 1.54) is 41.6 Å². The van der Waals surface area contributed by atoms with E-state index in [-0.39, 0.29) is 5.60 Å². The van der Waals surface area contributed by atoms with Crippen molar-refractivity contribution in [3.05, 3.63) is 52.6 Å². The topological polar surface area (TPSA) is 41.5 Å². The minimum Gasteiger partial charge on any atom is -0.487 e. The third-order valence-corrected chi connectivity index (χ3v) is 6.63. The van der Waals surface area contributed by atoms with Crippen molar-refractivity contribution in [2.24, 2.45) is 0 Å². The van der Waals surface area contributed by atoms with Crippen LogP contribution < -0.4 is 4.74 Å². The van der Waals surface area contributed by atoms with Crippen molar-refractivity contribution in [3.8, 4) is 5.75 Å². The van der Waals surface area contributed by atoms with Gasteiger partial charge in [0, 0.05) is 49.9 Å². The van der Waals surface area contributed by atoms with E-state index in [4.69, 9.17) is 14.7 Å². The Morgan fingerprint density at radius 1 is 1.17 bits per heavy atom. The Morgan fingerprint density at radius 3 is 2.93 bits per heavy atom. The van der Waals surface area contributed by atoms with Crippen molar-refractivity contribution in [2.75, 3.05) is 20.1 Å². The maximum atomic E-state index is 6.02. The van der Waals surface area contributed by atoms with E-state index >= 15 is 0 Å². The Labute approximate surface area is 174 Å². The van der Waals surface area contributed by atoms with Gasteiger partial charge in [-0.15, -0.1) is 0 Å². The van der Waals surface area contributed by atoms with Gasteiger partial charge < -0.3 is 4.74 Å². The van der Waals surface area contributed by atoms with Gasteiger partial charge in [-0.2, -0.15) is 0 Å². The number of hydrogen-bond acceptors (Lipinski definition) is 5. The molecule has 5 nitrogen and oxygen atoms in total. The fourth-order valence-corrected chi connectivity index (χ4v) is 5.11. The number of hydrogen-bond donors (Lipinski definition) is 0. The predicted molar refractivity (Wildman–Crippen MR) is 114 cm³/mol. The summed E-state index contributed by atoms with van der Waals surface area (Å²) < 4.78 is 6.02. The van der Waals surface area contributed by atoms with Crippen LogP contribution in [0, 0.1) is 0 Å². The Morgan fingerprint density at radius 2 is 2.07 bits per heavy atom. The summed E-state index contributed by atoms with van der Waals surface area (Å²) in [5, 5.41) is 0. The van der Waals surface area contributed by atoms with Gasteiger partial charge in [-0.3, -0.25) is 9.80 Å². The van der Waals surface area contributed by atoms with E-state index in [0.29, 0.717) is 6.04 Å². The highest BCUT2D eigenvalue weighted by atomic mass is 16.5. The molecule has 1 atom stereocenters. The van der Waals surface area contributed by atoms with Crippen LogP contribution in [-0.4, -0.2) is 45.5 Å². The first kappa shape index (κ1) is 19.0. The molecule has 1 aromatic carbocycles. The van der Waals surface area contributed by atoms with Crippen molar-refractivity contribution in [3.63, 3.8) is 0 Å². The largest absolute Gasteiger partial charge is 0.487 e. The maximum absolute atomic E-state index is 6.02. The third kappa shape index (κ3) is 3.90. The van der Waals surface area contributed by atoms with E-state index in [1.807, 2.05) is 0 Å². The minimum absolute atomic E-state index is 0.0769. The van der Waals surface area contributed by atoms with Gasteiger partial charge >= 0.3 is 0 Å². The molecule has 1 saturated heterocycles. The molecule has 154 valence electrons. The molecular weight excluding hydrogens is 360 g/mol. The molecular formula is C24H32N4O. The van der Waals surface area contributed by atoms with Gasteiger partial charge in [0.25, 0.3) is 0 Å². The second-order valence-corrected chi connectivity index (χ2v) is 9.63. The van der Waals surface area contributed by atoms with Crippen LogP contribution in [-0.2, 0) is 25.9 Å². The summed E-state index contributed by atoms with van der Waals surface area (Å²) in [6, 6.07) is 7.09. The zero-order valence-corrected chi connectivity index (χ0v) is 17.9. The third-order valence-electron chi connectivity index (χ3n) is 6.63. The van der Waals surface area contributed by atoms with Gasteiger partial charge in [-0.25, -0.2) is 9.97 Å². The lowest BCUT2D eigenvalue weighted by molar-refractivity contribution is 0.138. The van der Waals surface area contributed by atoms with Crippen molar-refractivity contribution in [1.29, 1.82) is 0 Å². The number of ether oxygens (including phenoxy) is 1. The second kappa shape index (κ2) is 7.37.